The van der Waals surface area contributed by atoms with Crippen LogP contribution in [0.3, 0.4) is 0 Å². The number of nitrogens with two attached hydrogens (primary N) is 1. The molecule has 6 nitrogen and oxygen atoms in total. The van der Waals surface area contributed by atoms with E-state index >= 15 is 0 Å². The maximum absolute atomic E-state index is 12.2. The molecule has 0 atom stereocenters. The fourth-order valence-electron chi connectivity index (χ4n) is 2.15. The minimum Gasteiger partial charge on any atom is -0.329 e. The predicted octanol–water partition coefficient (Wildman–Crippen LogP) is 0.158. The fraction of sp³-hybridized carbons (Fsp3) is 1.00. The van der Waals surface area contributed by atoms with E-state index in [0.29, 0.717) is 12.8 Å². The van der Waals surface area contributed by atoms with Crippen LogP contribution in [0.1, 0.15) is 33.6 Å². The van der Waals surface area contributed by atoms with Crippen molar-refractivity contribution in [1.29, 1.82) is 0 Å². The minimum atomic E-state index is -3.86. The van der Waals surface area contributed by atoms with E-state index in [4.69, 9.17) is 5.73 Å². The monoisotopic (exact) mass is 300 g/mol. The van der Waals surface area contributed by atoms with Crippen molar-refractivity contribution in [3.05, 3.63) is 0 Å². The molecule has 0 aliphatic rings. The first kappa shape index (κ1) is 17.8. The summed E-state index contributed by atoms with van der Waals surface area (Å²) >= 11 is 0. The van der Waals surface area contributed by atoms with E-state index in [1.807, 2.05) is 13.8 Å². The Balaban J connectivity index is 5.57. The topological polar surface area (TPSA) is 97.5 Å². The Labute approximate surface area is 111 Å². The van der Waals surface area contributed by atoms with Gasteiger partial charge in [-0.05, 0) is 12.8 Å². The summed E-state index contributed by atoms with van der Waals surface area (Å²) in [5, 5.41) is -0.865. The summed E-state index contributed by atoms with van der Waals surface area (Å²) in [6.45, 7) is 5.80. The number of sulfonamides is 1. The lowest BCUT2D eigenvalue weighted by molar-refractivity contribution is 0.185. The summed E-state index contributed by atoms with van der Waals surface area (Å²) in [5.41, 5.74) is 5.01. The Hall–Kier alpha value is -0.180. The number of sulfone groups is 1. The van der Waals surface area contributed by atoms with Gasteiger partial charge in [0.2, 0.25) is 10.0 Å². The minimum absolute atomic E-state index is 0.177. The molecule has 0 aromatic rings. The van der Waals surface area contributed by atoms with Crippen LogP contribution in [0, 0.1) is 0 Å². The SMILES string of the molecule is CCN(C(CC)(CC)CN)S(=O)(=O)CS(C)(=O)=O. The third-order valence-electron chi connectivity index (χ3n) is 3.21. The molecule has 110 valence electrons. The number of likely N-dealkylation sites (N-methyl/N-ethyl adjacent to an activating group) is 1. The summed E-state index contributed by atoms with van der Waals surface area (Å²) in [4.78, 5) is 0. The third-order valence-corrected chi connectivity index (χ3v) is 7.43. The summed E-state index contributed by atoms with van der Waals surface area (Å²) in [7, 11) is -7.45. The van der Waals surface area contributed by atoms with Gasteiger partial charge in [0.15, 0.2) is 14.9 Å². The lowest BCUT2D eigenvalue weighted by Gasteiger charge is -2.40. The molecule has 0 aliphatic carbocycles. The molecule has 0 unspecified atom stereocenters. The molecule has 0 saturated heterocycles. The van der Waals surface area contributed by atoms with Gasteiger partial charge in [-0.2, -0.15) is 4.31 Å². The van der Waals surface area contributed by atoms with Crippen molar-refractivity contribution in [2.45, 2.75) is 39.2 Å². The molecule has 0 bridgehead atoms. The second-order valence-electron chi connectivity index (χ2n) is 4.46. The van der Waals surface area contributed by atoms with Crippen LogP contribution in [0.2, 0.25) is 0 Å². The van der Waals surface area contributed by atoms with E-state index in [2.05, 4.69) is 0 Å². The lowest BCUT2D eigenvalue weighted by Crippen LogP contribution is -2.56. The van der Waals surface area contributed by atoms with E-state index < -0.39 is 30.5 Å². The van der Waals surface area contributed by atoms with E-state index in [1.54, 1.807) is 6.92 Å². The predicted molar refractivity (Wildman–Crippen MR) is 73.4 cm³/mol. The number of nitrogens with zero attached hydrogens (tertiary/aromatic N) is 1. The lowest BCUT2D eigenvalue weighted by atomic mass is 9.93. The molecule has 0 rings (SSSR count). The average molecular weight is 300 g/mol. The summed E-state index contributed by atoms with van der Waals surface area (Å²) < 4.78 is 48.1. The van der Waals surface area contributed by atoms with Gasteiger partial charge in [-0.25, -0.2) is 16.8 Å². The highest BCUT2D eigenvalue weighted by Gasteiger charge is 2.40. The normalized spacial score (nSPS) is 14.1. The largest absolute Gasteiger partial charge is 0.329 e. The molecule has 0 amide bonds. The molecule has 8 heteroatoms. The zero-order valence-corrected chi connectivity index (χ0v) is 13.1. The number of hydrogen-bond acceptors (Lipinski definition) is 5. The van der Waals surface area contributed by atoms with Gasteiger partial charge >= 0.3 is 0 Å². The van der Waals surface area contributed by atoms with E-state index in [-0.39, 0.29) is 13.1 Å². The maximum atomic E-state index is 12.2. The van der Waals surface area contributed by atoms with Crippen LogP contribution >= 0.6 is 0 Å². The third kappa shape index (κ3) is 4.18. The molecule has 0 aromatic heterocycles. The first-order valence-corrected chi connectivity index (χ1v) is 9.63. The zero-order valence-electron chi connectivity index (χ0n) is 11.5. The van der Waals surface area contributed by atoms with Crippen LogP contribution in [-0.2, 0) is 19.9 Å². The maximum Gasteiger partial charge on any atom is 0.229 e. The standard InChI is InChI=1S/C10H24N2O4S2/c1-5-10(6-2,8-11)12(7-3)18(15,16)9-17(4,13)14/h5-9,11H2,1-4H3. The highest BCUT2D eigenvalue weighted by molar-refractivity contribution is 8.06. The molecule has 18 heavy (non-hydrogen) atoms. The van der Waals surface area contributed by atoms with Crippen molar-refractivity contribution in [1.82, 2.24) is 4.31 Å². The summed E-state index contributed by atoms with van der Waals surface area (Å²) in [6.07, 6.45) is 2.02. The van der Waals surface area contributed by atoms with Gasteiger partial charge in [-0.3, -0.25) is 0 Å². The second-order valence-corrected chi connectivity index (χ2v) is 8.85. The molecule has 0 saturated carbocycles. The molecule has 0 spiro atoms. The molecule has 0 radical (unpaired) electrons. The van der Waals surface area contributed by atoms with Crippen molar-refractivity contribution in [3.8, 4) is 0 Å². The van der Waals surface area contributed by atoms with Crippen molar-refractivity contribution in [3.63, 3.8) is 0 Å². The van der Waals surface area contributed by atoms with Crippen LogP contribution in [0.15, 0.2) is 0 Å². The first-order chi connectivity index (χ1) is 8.08. The van der Waals surface area contributed by atoms with Gasteiger partial charge in [-0.1, -0.05) is 20.8 Å². The van der Waals surface area contributed by atoms with Crippen LogP contribution in [0.4, 0.5) is 0 Å². The van der Waals surface area contributed by atoms with Gasteiger partial charge < -0.3 is 5.73 Å². The zero-order chi connectivity index (χ0) is 14.6. The van der Waals surface area contributed by atoms with E-state index in [1.165, 1.54) is 4.31 Å². The van der Waals surface area contributed by atoms with Crippen molar-refractivity contribution >= 4 is 19.9 Å². The Morgan fingerprint density at radius 3 is 1.72 bits per heavy atom. The number of rotatable bonds is 8. The molecule has 0 aliphatic heterocycles. The van der Waals surface area contributed by atoms with Gasteiger partial charge in [-0.15, -0.1) is 0 Å². The highest BCUT2D eigenvalue weighted by Crippen LogP contribution is 2.26. The quantitative estimate of drug-likeness (QED) is 0.688. The van der Waals surface area contributed by atoms with Gasteiger partial charge in [0.25, 0.3) is 0 Å². The molecular weight excluding hydrogens is 276 g/mol. The summed E-state index contributed by atoms with van der Waals surface area (Å²) in [6, 6.07) is 0. The van der Waals surface area contributed by atoms with Crippen LogP contribution in [0.25, 0.3) is 0 Å². The van der Waals surface area contributed by atoms with Crippen LogP contribution < -0.4 is 5.73 Å². The molecule has 2 N–H and O–H groups in total. The van der Waals surface area contributed by atoms with Gasteiger partial charge in [0.1, 0.15) is 0 Å². The Kier molecular flexibility index (Phi) is 6.25. The van der Waals surface area contributed by atoms with Gasteiger partial charge in [0, 0.05) is 24.9 Å². The fourth-order valence-corrected chi connectivity index (χ4v) is 6.14. The molecular formula is C10H24N2O4S2. The Morgan fingerprint density at radius 2 is 1.50 bits per heavy atom. The highest BCUT2D eigenvalue weighted by atomic mass is 32.3. The van der Waals surface area contributed by atoms with Crippen molar-refractivity contribution < 1.29 is 16.8 Å². The van der Waals surface area contributed by atoms with Crippen LogP contribution in [0.5, 0.6) is 0 Å². The first-order valence-electron chi connectivity index (χ1n) is 5.96. The van der Waals surface area contributed by atoms with E-state index in [9.17, 15) is 16.8 Å². The Morgan fingerprint density at radius 1 is 1.06 bits per heavy atom. The smallest absolute Gasteiger partial charge is 0.229 e. The van der Waals surface area contributed by atoms with E-state index in [0.717, 1.165) is 6.26 Å². The van der Waals surface area contributed by atoms with Crippen molar-refractivity contribution in [2.75, 3.05) is 24.4 Å². The average Bonchev–Trinajstić information content (AvgIpc) is 2.22. The van der Waals surface area contributed by atoms with Crippen molar-refractivity contribution in [2.24, 2.45) is 5.73 Å². The summed E-state index contributed by atoms with van der Waals surface area (Å²) in [5.74, 6) is 0. The van der Waals surface area contributed by atoms with Gasteiger partial charge in [0.05, 0.1) is 0 Å². The second kappa shape index (κ2) is 6.31. The molecule has 0 aromatic carbocycles. The Bertz CT molecular complexity index is 444. The molecule has 0 fully saturated rings. The number of hydrogen-bond donors (Lipinski definition) is 1. The van der Waals surface area contributed by atoms with Crippen LogP contribution in [-0.4, -0.2) is 51.1 Å². The molecule has 0 heterocycles.